The lowest BCUT2D eigenvalue weighted by Crippen LogP contribution is -2.45. The average molecular weight is 366 g/mol. The molecule has 0 radical (unpaired) electrons. The van der Waals surface area contributed by atoms with Crippen molar-refractivity contribution in [2.24, 2.45) is 18.9 Å². The second kappa shape index (κ2) is 8.69. The highest BCUT2D eigenvalue weighted by atomic mass is 32.2. The van der Waals surface area contributed by atoms with Crippen LogP contribution in [0.5, 0.6) is 0 Å². The molecular formula is C17H27N5O2S. The van der Waals surface area contributed by atoms with E-state index in [1.807, 2.05) is 16.5 Å². The average Bonchev–Trinajstić information content (AvgIpc) is 3.30. The van der Waals surface area contributed by atoms with Crippen LogP contribution in [-0.2, 0) is 16.6 Å². The van der Waals surface area contributed by atoms with Gasteiger partial charge in [-0.25, -0.2) is 0 Å². The lowest BCUT2D eigenvalue weighted by molar-refractivity contribution is -0.142. The molecule has 1 N–H and O–H groups in total. The van der Waals surface area contributed by atoms with Crippen LogP contribution in [0.25, 0.3) is 0 Å². The van der Waals surface area contributed by atoms with Gasteiger partial charge in [-0.3, -0.25) is 9.59 Å². The van der Waals surface area contributed by atoms with Gasteiger partial charge in [0.15, 0.2) is 5.16 Å². The third kappa shape index (κ3) is 4.54. The molecule has 2 heterocycles. The Morgan fingerprint density at radius 2 is 1.92 bits per heavy atom. The third-order valence-corrected chi connectivity index (χ3v) is 6.18. The van der Waals surface area contributed by atoms with Crippen molar-refractivity contribution in [2.75, 3.05) is 25.4 Å². The Bertz CT molecular complexity index is 600. The number of nitrogens with zero attached hydrogens (tertiary/aromatic N) is 4. The van der Waals surface area contributed by atoms with Gasteiger partial charge in [-0.05, 0) is 25.7 Å². The van der Waals surface area contributed by atoms with Crippen LogP contribution in [-0.4, -0.2) is 56.9 Å². The number of carbonyl (C=O) groups is 2. The zero-order chi connectivity index (χ0) is 17.6. The molecule has 1 aliphatic heterocycles. The molecule has 1 aromatic rings. The Labute approximate surface area is 152 Å². The van der Waals surface area contributed by atoms with E-state index in [1.54, 1.807) is 18.1 Å². The van der Waals surface area contributed by atoms with Gasteiger partial charge in [-0.2, -0.15) is 0 Å². The van der Waals surface area contributed by atoms with Crippen molar-refractivity contribution in [3.05, 3.63) is 6.33 Å². The predicted octanol–water partition coefficient (Wildman–Crippen LogP) is 1.45. The molecule has 2 atom stereocenters. The monoisotopic (exact) mass is 365 g/mol. The molecule has 2 fully saturated rings. The Balaban J connectivity index is 1.48. The van der Waals surface area contributed by atoms with Gasteiger partial charge in [0.1, 0.15) is 6.33 Å². The Hall–Kier alpha value is -1.57. The van der Waals surface area contributed by atoms with Crippen molar-refractivity contribution in [1.82, 2.24) is 25.0 Å². The molecular weight excluding hydrogens is 338 g/mol. The summed E-state index contributed by atoms with van der Waals surface area (Å²) in [5.74, 6) is 0.692. The normalized spacial score (nSPS) is 23.6. The summed E-state index contributed by atoms with van der Waals surface area (Å²) >= 11 is 1.57. The first-order chi connectivity index (χ1) is 12.2. The highest BCUT2D eigenvalue weighted by Gasteiger charge is 2.38. The van der Waals surface area contributed by atoms with Crippen LogP contribution in [0, 0.1) is 11.8 Å². The van der Waals surface area contributed by atoms with Gasteiger partial charge >= 0.3 is 0 Å². The summed E-state index contributed by atoms with van der Waals surface area (Å²) in [5.41, 5.74) is 0. The minimum atomic E-state index is -0.165. The van der Waals surface area contributed by atoms with Gasteiger partial charge in [0.05, 0.1) is 0 Å². The molecule has 7 nitrogen and oxygen atoms in total. The Morgan fingerprint density at radius 1 is 1.20 bits per heavy atom. The van der Waals surface area contributed by atoms with E-state index in [0.717, 1.165) is 62.5 Å². The largest absolute Gasteiger partial charge is 0.355 e. The summed E-state index contributed by atoms with van der Waals surface area (Å²) in [6.45, 7) is 2.30. The smallest absolute Gasteiger partial charge is 0.226 e. The number of amides is 2. The number of nitrogens with one attached hydrogen (secondary N) is 1. The molecule has 0 bridgehead atoms. The minimum absolute atomic E-state index is 0.0378. The van der Waals surface area contributed by atoms with Crippen LogP contribution >= 0.6 is 11.8 Å². The highest BCUT2D eigenvalue weighted by Crippen LogP contribution is 2.32. The number of aryl methyl sites for hydroxylation is 1. The standard InChI is InChI=1S/C17H27N5O2S/c1-21-12-19-20-17(21)25-11-8-18-15(23)13-6-2-3-7-14(13)16(24)22-9-4-5-10-22/h12-14H,2-11H2,1H3,(H,18,23)/t13-,14+/m0/s1. The first-order valence-electron chi connectivity index (χ1n) is 9.20. The van der Waals surface area contributed by atoms with Crippen molar-refractivity contribution in [3.8, 4) is 0 Å². The third-order valence-electron chi connectivity index (χ3n) is 5.14. The summed E-state index contributed by atoms with van der Waals surface area (Å²) in [4.78, 5) is 27.4. The van der Waals surface area contributed by atoms with Crippen LogP contribution in [0.4, 0.5) is 0 Å². The Kier molecular flexibility index (Phi) is 6.34. The maximum Gasteiger partial charge on any atom is 0.226 e. The van der Waals surface area contributed by atoms with Gasteiger partial charge in [0, 0.05) is 44.3 Å². The molecule has 0 aromatic carbocycles. The van der Waals surface area contributed by atoms with Crippen molar-refractivity contribution in [1.29, 1.82) is 0 Å². The fourth-order valence-electron chi connectivity index (χ4n) is 3.76. The van der Waals surface area contributed by atoms with Crippen LogP contribution in [0.15, 0.2) is 11.5 Å². The molecule has 2 aliphatic rings. The summed E-state index contributed by atoms with van der Waals surface area (Å²) < 4.78 is 1.86. The molecule has 0 unspecified atom stereocenters. The number of aromatic nitrogens is 3. The van der Waals surface area contributed by atoms with E-state index in [1.165, 1.54) is 0 Å². The molecule has 1 aromatic heterocycles. The van der Waals surface area contributed by atoms with Gasteiger partial charge in [-0.15, -0.1) is 10.2 Å². The molecule has 1 aliphatic carbocycles. The van der Waals surface area contributed by atoms with Crippen LogP contribution in [0.3, 0.4) is 0 Å². The lowest BCUT2D eigenvalue weighted by Gasteiger charge is -2.32. The molecule has 1 saturated carbocycles. The summed E-state index contributed by atoms with van der Waals surface area (Å²) in [6, 6.07) is 0. The maximum atomic E-state index is 12.8. The van der Waals surface area contributed by atoms with E-state index in [2.05, 4.69) is 15.5 Å². The number of hydrogen-bond acceptors (Lipinski definition) is 5. The van der Waals surface area contributed by atoms with E-state index in [9.17, 15) is 9.59 Å². The van der Waals surface area contributed by atoms with E-state index in [4.69, 9.17) is 0 Å². The second-order valence-corrected chi connectivity index (χ2v) is 7.96. The van der Waals surface area contributed by atoms with Crippen LogP contribution in [0.1, 0.15) is 38.5 Å². The van der Waals surface area contributed by atoms with E-state index < -0.39 is 0 Å². The number of likely N-dealkylation sites (tertiary alicyclic amines) is 1. The van der Waals surface area contributed by atoms with Crippen molar-refractivity contribution < 1.29 is 9.59 Å². The fourth-order valence-corrected chi connectivity index (χ4v) is 4.51. The molecule has 1 saturated heterocycles. The van der Waals surface area contributed by atoms with Gasteiger partial charge in [0.25, 0.3) is 0 Å². The summed E-state index contributed by atoms with van der Waals surface area (Å²) in [6.07, 6.45) is 7.61. The molecule has 2 amide bonds. The maximum absolute atomic E-state index is 12.8. The predicted molar refractivity (Wildman–Crippen MR) is 96.0 cm³/mol. The van der Waals surface area contributed by atoms with Gasteiger partial charge in [-0.1, -0.05) is 24.6 Å². The van der Waals surface area contributed by atoms with E-state index in [-0.39, 0.29) is 23.7 Å². The van der Waals surface area contributed by atoms with E-state index in [0.29, 0.717) is 6.54 Å². The van der Waals surface area contributed by atoms with Gasteiger partial charge in [0.2, 0.25) is 11.8 Å². The SMILES string of the molecule is Cn1cnnc1SCCNC(=O)[C@H]1CCCC[C@H]1C(=O)N1CCCC1. The summed E-state index contributed by atoms with van der Waals surface area (Å²) in [7, 11) is 1.90. The molecule has 0 spiro atoms. The fraction of sp³-hybridized carbons (Fsp3) is 0.765. The molecule has 138 valence electrons. The topological polar surface area (TPSA) is 80.1 Å². The molecule has 8 heteroatoms. The second-order valence-electron chi connectivity index (χ2n) is 6.89. The van der Waals surface area contributed by atoms with Crippen molar-refractivity contribution >= 4 is 23.6 Å². The van der Waals surface area contributed by atoms with Crippen molar-refractivity contribution in [3.63, 3.8) is 0 Å². The number of hydrogen-bond donors (Lipinski definition) is 1. The van der Waals surface area contributed by atoms with Crippen LogP contribution in [0.2, 0.25) is 0 Å². The number of thioether (sulfide) groups is 1. The molecule has 25 heavy (non-hydrogen) atoms. The highest BCUT2D eigenvalue weighted by molar-refractivity contribution is 7.99. The number of carbonyl (C=O) groups excluding carboxylic acids is 2. The minimum Gasteiger partial charge on any atom is -0.355 e. The van der Waals surface area contributed by atoms with Crippen molar-refractivity contribution in [2.45, 2.75) is 43.7 Å². The summed E-state index contributed by atoms with van der Waals surface area (Å²) in [5, 5.41) is 11.7. The first-order valence-corrected chi connectivity index (χ1v) is 10.2. The van der Waals surface area contributed by atoms with E-state index >= 15 is 0 Å². The van der Waals surface area contributed by atoms with Gasteiger partial charge < -0.3 is 14.8 Å². The Morgan fingerprint density at radius 3 is 2.60 bits per heavy atom. The number of rotatable bonds is 6. The zero-order valence-electron chi connectivity index (χ0n) is 14.8. The first kappa shape index (κ1) is 18.2. The molecule has 3 rings (SSSR count). The van der Waals surface area contributed by atoms with Crippen LogP contribution < -0.4 is 5.32 Å². The quantitative estimate of drug-likeness (QED) is 0.610. The lowest BCUT2D eigenvalue weighted by atomic mass is 9.78. The zero-order valence-corrected chi connectivity index (χ0v) is 15.6.